The number of para-hydroxylation sites is 2. The molecule has 156 valence electrons. The van der Waals surface area contributed by atoms with Gasteiger partial charge in [-0.15, -0.1) is 0 Å². The van der Waals surface area contributed by atoms with Gasteiger partial charge < -0.3 is 15.5 Å². The zero-order chi connectivity index (χ0) is 22.1. The second-order valence-electron chi connectivity index (χ2n) is 7.19. The average Bonchev–Trinajstić information content (AvgIpc) is 3.16. The molecule has 4 rings (SSSR count). The number of aryl methyl sites for hydroxylation is 1. The van der Waals surface area contributed by atoms with Crippen LogP contribution in [0.25, 0.3) is 16.7 Å². The van der Waals surface area contributed by atoms with Crippen molar-refractivity contribution in [3.05, 3.63) is 81.4 Å². The highest BCUT2D eigenvalue weighted by Crippen LogP contribution is 2.29. The zero-order valence-corrected chi connectivity index (χ0v) is 16.6. The molecule has 4 aromatic rings. The number of rotatable bonds is 6. The summed E-state index contributed by atoms with van der Waals surface area (Å²) in [5.41, 5.74) is 3.45. The van der Waals surface area contributed by atoms with Crippen molar-refractivity contribution >= 4 is 28.2 Å². The Hall–Kier alpha value is -4.00. The highest BCUT2D eigenvalue weighted by Gasteiger charge is 2.23. The molecule has 2 atom stereocenters. The number of aromatic nitrogens is 2. The van der Waals surface area contributed by atoms with Crippen molar-refractivity contribution in [2.45, 2.75) is 19.1 Å². The molecule has 0 saturated carbocycles. The molecule has 9 heteroatoms. The summed E-state index contributed by atoms with van der Waals surface area (Å²) in [6, 6.07) is 16.1. The van der Waals surface area contributed by atoms with Crippen molar-refractivity contribution in [3.8, 4) is 6.07 Å². The molecule has 2 heterocycles. The normalized spacial score (nSPS) is 13.1. The monoisotopic (exact) mass is 417 g/mol. The van der Waals surface area contributed by atoms with Crippen LogP contribution in [0, 0.1) is 28.4 Å². The first-order valence-corrected chi connectivity index (χ1v) is 9.55. The van der Waals surface area contributed by atoms with E-state index in [1.165, 1.54) is 24.3 Å². The summed E-state index contributed by atoms with van der Waals surface area (Å²) in [6.45, 7) is 1.40. The second kappa shape index (κ2) is 8.02. The van der Waals surface area contributed by atoms with Gasteiger partial charge in [-0.25, -0.2) is 4.98 Å². The van der Waals surface area contributed by atoms with Crippen molar-refractivity contribution in [3.63, 3.8) is 0 Å². The Kier molecular flexibility index (Phi) is 5.25. The van der Waals surface area contributed by atoms with E-state index >= 15 is 0 Å². The molecule has 31 heavy (non-hydrogen) atoms. The zero-order valence-electron chi connectivity index (χ0n) is 16.6. The van der Waals surface area contributed by atoms with Crippen LogP contribution in [0.1, 0.15) is 22.8 Å². The molecule has 0 fully saturated rings. The van der Waals surface area contributed by atoms with E-state index in [1.54, 1.807) is 17.4 Å². The van der Waals surface area contributed by atoms with Gasteiger partial charge in [0.15, 0.2) is 5.65 Å². The number of nitrogens with one attached hydrogen (secondary N) is 1. The molecule has 0 aliphatic heterocycles. The van der Waals surface area contributed by atoms with Gasteiger partial charge >= 0.3 is 0 Å². The summed E-state index contributed by atoms with van der Waals surface area (Å²) in [7, 11) is 0. The Morgan fingerprint density at radius 2 is 1.97 bits per heavy atom. The lowest BCUT2D eigenvalue weighted by Gasteiger charge is -2.24. The Balaban J connectivity index is 1.77. The van der Waals surface area contributed by atoms with Gasteiger partial charge in [-0.2, -0.15) is 5.26 Å². The minimum atomic E-state index is -1.13. The minimum Gasteiger partial charge on any atom is -0.394 e. The molecular formula is C22H19N5O4. The van der Waals surface area contributed by atoms with Crippen LogP contribution in [-0.4, -0.2) is 37.2 Å². The maximum atomic E-state index is 10.9. The Bertz CT molecular complexity index is 1320. The van der Waals surface area contributed by atoms with Crippen LogP contribution in [0.4, 0.5) is 11.5 Å². The number of anilines is 1. The fourth-order valence-electron chi connectivity index (χ4n) is 3.64. The smallest absolute Gasteiger partial charge is 0.269 e. The topological polar surface area (TPSA) is 137 Å². The number of aliphatic hydroxyl groups excluding tert-OH is 2. The Morgan fingerprint density at radius 1 is 1.26 bits per heavy atom. The number of benzene rings is 2. The first-order valence-electron chi connectivity index (χ1n) is 9.55. The van der Waals surface area contributed by atoms with Crippen molar-refractivity contribution in [2.75, 3.05) is 11.9 Å². The first-order chi connectivity index (χ1) is 14.9. The van der Waals surface area contributed by atoms with E-state index in [4.69, 9.17) is 0 Å². The lowest BCUT2D eigenvalue weighted by molar-refractivity contribution is -0.384. The SMILES string of the molecule is Cc1cc(NC(CO)C(O)c2ccc([N+](=O)[O-])cc2)n2c(nc3ccccc32)c1C#N. The van der Waals surface area contributed by atoms with E-state index < -0.39 is 23.7 Å². The Labute approximate surface area is 177 Å². The van der Waals surface area contributed by atoms with Gasteiger partial charge in [0.25, 0.3) is 5.69 Å². The molecule has 3 N–H and O–H groups in total. The van der Waals surface area contributed by atoms with E-state index in [1.807, 2.05) is 24.3 Å². The van der Waals surface area contributed by atoms with Crippen molar-refractivity contribution < 1.29 is 15.1 Å². The second-order valence-corrected chi connectivity index (χ2v) is 7.19. The predicted octanol–water partition coefficient (Wildman–Crippen LogP) is 3.08. The summed E-state index contributed by atoms with van der Waals surface area (Å²) < 4.78 is 1.78. The molecule has 0 spiro atoms. The number of nitro groups is 1. The van der Waals surface area contributed by atoms with E-state index in [0.29, 0.717) is 33.7 Å². The number of hydrogen-bond donors (Lipinski definition) is 3. The third kappa shape index (κ3) is 3.54. The molecule has 0 bridgehead atoms. The number of pyridine rings is 1. The first kappa shape index (κ1) is 20.3. The van der Waals surface area contributed by atoms with Crippen molar-refractivity contribution in [2.24, 2.45) is 0 Å². The van der Waals surface area contributed by atoms with Gasteiger partial charge in [0.05, 0.1) is 34.2 Å². The van der Waals surface area contributed by atoms with Crippen LogP contribution >= 0.6 is 0 Å². The number of imidazole rings is 1. The quantitative estimate of drug-likeness (QED) is 0.324. The third-order valence-corrected chi connectivity index (χ3v) is 5.24. The summed E-state index contributed by atoms with van der Waals surface area (Å²) >= 11 is 0. The van der Waals surface area contributed by atoms with Crippen LogP contribution < -0.4 is 5.32 Å². The van der Waals surface area contributed by atoms with Crippen LogP contribution in [0.2, 0.25) is 0 Å². The largest absolute Gasteiger partial charge is 0.394 e. The molecule has 0 saturated heterocycles. The molecule has 2 unspecified atom stereocenters. The molecule has 0 radical (unpaired) electrons. The predicted molar refractivity (Wildman–Crippen MR) is 115 cm³/mol. The maximum Gasteiger partial charge on any atom is 0.269 e. The summed E-state index contributed by atoms with van der Waals surface area (Å²) in [5, 5.41) is 44.4. The van der Waals surface area contributed by atoms with Gasteiger partial charge in [-0.3, -0.25) is 14.5 Å². The fraction of sp³-hybridized carbons (Fsp3) is 0.182. The summed E-state index contributed by atoms with van der Waals surface area (Å²) in [6.07, 6.45) is -1.13. The highest BCUT2D eigenvalue weighted by atomic mass is 16.6. The van der Waals surface area contributed by atoms with Crippen molar-refractivity contribution in [1.82, 2.24) is 9.38 Å². The van der Waals surface area contributed by atoms with E-state index in [2.05, 4.69) is 16.4 Å². The lowest BCUT2D eigenvalue weighted by Crippen LogP contribution is -2.32. The van der Waals surface area contributed by atoms with E-state index in [0.717, 1.165) is 5.52 Å². The molecule has 2 aromatic carbocycles. The van der Waals surface area contributed by atoms with Gasteiger partial charge in [0.1, 0.15) is 18.0 Å². The molecule has 0 amide bonds. The number of aliphatic hydroxyl groups is 2. The minimum absolute atomic E-state index is 0.0845. The number of non-ortho nitro benzene ring substituents is 1. The highest BCUT2D eigenvalue weighted by molar-refractivity contribution is 5.85. The van der Waals surface area contributed by atoms with Crippen LogP contribution in [0.15, 0.2) is 54.6 Å². The number of nitro benzene ring substituents is 1. The molecule has 2 aromatic heterocycles. The van der Waals surface area contributed by atoms with Crippen LogP contribution in [0.3, 0.4) is 0 Å². The number of nitriles is 1. The number of fused-ring (bicyclic) bond motifs is 3. The number of nitrogens with zero attached hydrogens (tertiary/aromatic N) is 4. The summed E-state index contributed by atoms with van der Waals surface area (Å²) in [5.74, 6) is 0.556. The van der Waals surface area contributed by atoms with Crippen molar-refractivity contribution in [1.29, 1.82) is 5.26 Å². The van der Waals surface area contributed by atoms with E-state index in [-0.39, 0.29) is 5.69 Å². The van der Waals surface area contributed by atoms with Gasteiger partial charge in [0, 0.05) is 12.1 Å². The summed E-state index contributed by atoms with van der Waals surface area (Å²) in [4.78, 5) is 14.9. The third-order valence-electron chi connectivity index (χ3n) is 5.24. The van der Waals surface area contributed by atoms with Gasteiger partial charge in [-0.05, 0) is 48.4 Å². The molecule has 9 nitrogen and oxygen atoms in total. The lowest BCUT2D eigenvalue weighted by atomic mass is 10.0. The fourth-order valence-corrected chi connectivity index (χ4v) is 3.64. The molecule has 0 aliphatic carbocycles. The maximum absolute atomic E-state index is 10.9. The van der Waals surface area contributed by atoms with Gasteiger partial charge in [-0.1, -0.05) is 12.1 Å². The number of hydrogen-bond acceptors (Lipinski definition) is 7. The average molecular weight is 417 g/mol. The van der Waals surface area contributed by atoms with Crippen LogP contribution in [0.5, 0.6) is 0 Å². The van der Waals surface area contributed by atoms with Crippen LogP contribution in [-0.2, 0) is 0 Å². The standard InChI is InChI=1S/C22H19N5O4/c1-13-10-20(26-19-5-3-2-4-17(19)25-22(26)16(13)11-23)24-18(12-28)21(29)14-6-8-15(9-7-14)27(30)31/h2-10,18,21,24,28-29H,12H2,1H3. The Morgan fingerprint density at radius 3 is 2.61 bits per heavy atom. The molecular weight excluding hydrogens is 398 g/mol. The molecule has 0 aliphatic rings. The van der Waals surface area contributed by atoms with Gasteiger partial charge in [0.2, 0.25) is 0 Å². The van der Waals surface area contributed by atoms with E-state index in [9.17, 15) is 25.6 Å².